The van der Waals surface area contributed by atoms with Crippen molar-refractivity contribution in [3.8, 4) is 6.07 Å². The van der Waals surface area contributed by atoms with Gasteiger partial charge in [-0.1, -0.05) is 18.2 Å². The van der Waals surface area contributed by atoms with E-state index in [4.69, 9.17) is 0 Å². The maximum Gasteiger partial charge on any atom is 0.270 e. The Morgan fingerprint density at radius 3 is 2.26 bits per heavy atom. The highest BCUT2D eigenvalue weighted by Gasteiger charge is 2.22. The SMILES string of the molecule is Cc1cc(N2CCN(c3ccccc3)CC2)c(C#N)c(=O)n1C. The number of aryl methyl sites for hydroxylation is 1. The molecule has 0 aliphatic carbocycles. The summed E-state index contributed by atoms with van der Waals surface area (Å²) in [6.45, 7) is 5.25. The van der Waals surface area contributed by atoms with Crippen LogP contribution in [0.5, 0.6) is 0 Å². The molecule has 0 bridgehead atoms. The molecular formula is C18H20N4O. The van der Waals surface area contributed by atoms with Gasteiger partial charge in [0.25, 0.3) is 5.56 Å². The molecule has 0 N–H and O–H groups in total. The molecule has 0 saturated carbocycles. The minimum atomic E-state index is -0.215. The molecule has 0 radical (unpaired) electrons. The molecule has 23 heavy (non-hydrogen) atoms. The average molecular weight is 308 g/mol. The molecule has 3 rings (SSSR count). The zero-order chi connectivity index (χ0) is 16.4. The topological polar surface area (TPSA) is 52.3 Å². The smallest absolute Gasteiger partial charge is 0.270 e. The van der Waals surface area contributed by atoms with Gasteiger partial charge in [-0.25, -0.2) is 0 Å². The van der Waals surface area contributed by atoms with Gasteiger partial charge < -0.3 is 14.4 Å². The van der Waals surface area contributed by atoms with Crippen molar-refractivity contribution in [3.05, 3.63) is 58.0 Å². The van der Waals surface area contributed by atoms with Crippen molar-refractivity contribution < 1.29 is 0 Å². The van der Waals surface area contributed by atoms with E-state index in [0.29, 0.717) is 0 Å². The minimum absolute atomic E-state index is 0.215. The molecule has 5 nitrogen and oxygen atoms in total. The highest BCUT2D eigenvalue weighted by Crippen LogP contribution is 2.22. The molecule has 0 atom stereocenters. The van der Waals surface area contributed by atoms with Gasteiger partial charge in [-0.2, -0.15) is 5.26 Å². The van der Waals surface area contributed by atoms with Gasteiger partial charge in [-0.15, -0.1) is 0 Å². The maximum atomic E-state index is 12.3. The van der Waals surface area contributed by atoms with Crippen molar-refractivity contribution in [2.75, 3.05) is 36.0 Å². The van der Waals surface area contributed by atoms with Crippen LogP contribution >= 0.6 is 0 Å². The molecule has 5 heteroatoms. The number of piperazine rings is 1. The molecule has 118 valence electrons. The van der Waals surface area contributed by atoms with Crippen LogP contribution in [-0.2, 0) is 7.05 Å². The lowest BCUT2D eigenvalue weighted by atomic mass is 10.1. The number of hydrogen-bond donors (Lipinski definition) is 0. The van der Waals surface area contributed by atoms with Crippen LogP contribution in [0.15, 0.2) is 41.2 Å². The molecule has 0 spiro atoms. The van der Waals surface area contributed by atoms with Gasteiger partial charge in [0.2, 0.25) is 0 Å². The molecular weight excluding hydrogens is 288 g/mol. The number of rotatable bonds is 2. The molecule has 2 heterocycles. The van der Waals surface area contributed by atoms with E-state index in [1.54, 1.807) is 7.05 Å². The first-order valence-electron chi connectivity index (χ1n) is 7.77. The quantitative estimate of drug-likeness (QED) is 0.850. The summed E-state index contributed by atoms with van der Waals surface area (Å²) in [4.78, 5) is 16.7. The largest absolute Gasteiger partial charge is 0.368 e. The van der Waals surface area contributed by atoms with E-state index >= 15 is 0 Å². The van der Waals surface area contributed by atoms with Crippen LogP contribution in [-0.4, -0.2) is 30.7 Å². The second-order valence-corrected chi connectivity index (χ2v) is 5.83. The Kier molecular flexibility index (Phi) is 4.07. The Morgan fingerprint density at radius 1 is 1.04 bits per heavy atom. The molecule has 0 unspecified atom stereocenters. The van der Waals surface area contributed by atoms with E-state index in [0.717, 1.165) is 37.6 Å². The van der Waals surface area contributed by atoms with Crippen molar-refractivity contribution in [2.24, 2.45) is 7.05 Å². The first-order valence-corrected chi connectivity index (χ1v) is 7.77. The highest BCUT2D eigenvalue weighted by molar-refractivity contribution is 5.60. The van der Waals surface area contributed by atoms with E-state index in [2.05, 4.69) is 28.0 Å². The summed E-state index contributed by atoms with van der Waals surface area (Å²) in [6, 6.07) is 14.3. The molecule has 1 saturated heterocycles. The van der Waals surface area contributed by atoms with E-state index < -0.39 is 0 Å². The lowest BCUT2D eigenvalue weighted by Gasteiger charge is -2.37. The maximum absolute atomic E-state index is 12.3. The van der Waals surface area contributed by atoms with Crippen LogP contribution in [0.25, 0.3) is 0 Å². The van der Waals surface area contributed by atoms with E-state index in [-0.39, 0.29) is 11.1 Å². The fourth-order valence-electron chi connectivity index (χ4n) is 3.00. The van der Waals surface area contributed by atoms with Gasteiger partial charge in [-0.05, 0) is 25.1 Å². The summed E-state index contributed by atoms with van der Waals surface area (Å²) in [5.74, 6) is 0. The van der Waals surface area contributed by atoms with Gasteiger partial charge >= 0.3 is 0 Å². The number of aromatic nitrogens is 1. The molecule has 1 aromatic carbocycles. The molecule has 1 aromatic heterocycles. The molecule has 1 aliphatic heterocycles. The Balaban J connectivity index is 1.84. The van der Waals surface area contributed by atoms with Crippen molar-refractivity contribution >= 4 is 11.4 Å². The van der Waals surface area contributed by atoms with E-state index in [9.17, 15) is 10.1 Å². The minimum Gasteiger partial charge on any atom is -0.368 e. The highest BCUT2D eigenvalue weighted by atomic mass is 16.1. The zero-order valence-corrected chi connectivity index (χ0v) is 13.5. The lowest BCUT2D eigenvalue weighted by molar-refractivity contribution is 0.650. The van der Waals surface area contributed by atoms with Crippen molar-refractivity contribution in [3.63, 3.8) is 0 Å². The van der Waals surface area contributed by atoms with E-state index in [1.807, 2.05) is 31.2 Å². The van der Waals surface area contributed by atoms with Crippen LogP contribution in [0, 0.1) is 18.3 Å². The molecule has 2 aromatic rings. The monoisotopic (exact) mass is 308 g/mol. The van der Waals surface area contributed by atoms with Crippen molar-refractivity contribution in [1.82, 2.24) is 4.57 Å². The number of nitrogens with zero attached hydrogens (tertiary/aromatic N) is 4. The first-order chi connectivity index (χ1) is 11.1. The standard InChI is InChI=1S/C18H20N4O/c1-14-12-17(16(13-19)18(23)20(14)2)22-10-8-21(9-11-22)15-6-4-3-5-7-15/h3-7,12H,8-11H2,1-2H3. The van der Waals surface area contributed by atoms with Crippen LogP contribution in [0.3, 0.4) is 0 Å². The summed E-state index contributed by atoms with van der Waals surface area (Å²) in [6.07, 6.45) is 0. The van der Waals surface area contributed by atoms with Gasteiger partial charge in [0.05, 0.1) is 5.69 Å². The first kappa shape index (κ1) is 15.2. The predicted octanol–water partition coefficient (Wildman–Crippen LogP) is 1.89. The van der Waals surface area contributed by atoms with Crippen LogP contribution in [0.1, 0.15) is 11.3 Å². The summed E-state index contributed by atoms with van der Waals surface area (Å²) in [5.41, 5.74) is 2.88. The third-order valence-corrected chi connectivity index (χ3v) is 4.50. The Bertz CT molecular complexity index is 796. The zero-order valence-electron chi connectivity index (χ0n) is 13.5. The summed E-state index contributed by atoms with van der Waals surface area (Å²) in [7, 11) is 1.70. The number of pyridine rings is 1. The lowest BCUT2D eigenvalue weighted by Crippen LogP contribution is -2.47. The second-order valence-electron chi connectivity index (χ2n) is 5.83. The number of nitriles is 1. The van der Waals surface area contributed by atoms with Crippen LogP contribution in [0.2, 0.25) is 0 Å². The second kappa shape index (κ2) is 6.17. The van der Waals surface area contributed by atoms with Gasteiger partial charge in [0.1, 0.15) is 11.6 Å². The predicted molar refractivity (Wildman–Crippen MR) is 92.0 cm³/mol. The van der Waals surface area contributed by atoms with Crippen LogP contribution in [0.4, 0.5) is 11.4 Å². The fourth-order valence-corrected chi connectivity index (χ4v) is 3.00. The third-order valence-electron chi connectivity index (χ3n) is 4.50. The number of anilines is 2. The van der Waals surface area contributed by atoms with Gasteiger partial charge in [0, 0.05) is 44.6 Å². The third kappa shape index (κ3) is 2.80. The number of benzene rings is 1. The normalized spacial score (nSPS) is 14.7. The summed E-state index contributed by atoms with van der Waals surface area (Å²) < 4.78 is 1.53. The van der Waals surface area contributed by atoms with Crippen molar-refractivity contribution in [1.29, 1.82) is 5.26 Å². The van der Waals surface area contributed by atoms with Gasteiger partial charge in [-0.3, -0.25) is 4.79 Å². The average Bonchev–Trinajstić information content (AvgIpc) is 2.60. The summed E-state index contributed by atoms with van der Waals surface area (Å²) in [5, 5.41) is 9.37. The molecule has 1 fully saturated rings. The van der Waals surface area contributed by atoms with Crippen molar-refractivity contribution in [2.45, 2.75) is 6.92 Å². The summed E-state index contributed by atoms with van der Waals surface area (Å²) >= 11 is 0. The van der Waals surface area contributed by atoms with E-state index in [1.165, 1.54) is 10.3 Å². The number of para-hydroxylation sites is 1. The fraction of sp³-hybridized carbons (Fsp3) is 0.333. The Hall–Kier alpha value is -2.74. The molecule has 0 amide bonds. The Morgan fingerprint density at radius 2 is 1.65 bits per heavy atom. The van der Waals surface area contributed by atoms with Crippen LogP contribution < -0.4 is 15.4 Å². The molecule has 1 aliphatic rings. The number of hydrogen-bond acceptors (Lipinski definition) is 4. The van der Waals surface area contributed by atoms with Gasteiger partial charge in [0.15, 0.2) is 0 Å². The Labute approximate surface area is 136 Å².